The maximum Gasteiger partial charge on any atom is 0.0435 e. The molecule has 1 aromatic heterocycles. The van der Waals surface area contributed by atoms with Crippen molar-refractivity contribution in [2.75, 3.05) is 0 Å². The summed E-state index contributed by atoms with van der Waals surface area (Å²) < 4.78 is 0. The highest BCUT2D eigenvalue weighted by Gasteiger charge is 2.06. The zero-order valence-corrected chi connectivity index (χ0v) is 11.1. The van der Waals surface area contributed by atoms with Crippen molar-refractivity contribution >= 4 is 11.6 Å². The highest BCUT2D eigenvalue weighted by Crippen LogP contribution is 2.27. The van der Waals surface area contributed by atoms with Crippen molar-refractivity contribution in [1.82, 2.24) is 4.98 Å². The van der Waals surface area contributed by atoms with Crippen LogP contribution in [0, 0.1) is 6.92 Å². The molecule has 0 radical (unpaired) electrons. The summed E-state index contributed by atoms with van der Waals surface area (Å²) in [6.07, 6.45) is 1.87. The Morgan fingerprint density at radius 3 is 2.59 bits per heavy atom. The van der Waals surface area contributed by atoms with Crippen LogP contribution < -0.4 is 0 Å². The minimum atomic E-state index is 0.439. The fraction of sp³-hybridized carbons (Fsp3) is 0.267. The third kappa shape index (κ3) is 2.67. The lowest BCUT2D eigenvalue weighted by molar-refractivity contribution is 0.823. The summed E-state index contributed by atoms with van der Waals surface area (Å²) in [6.45, 7) is 6.40. The Hall–Kier alpha value is -1.34. The van der Waals surface area contributed by atoms with E-state index in [0.717, 1.165) is 10.7 Å². The lowest BCUT2D eigenvalue weighted by atomic mass is 9.99. The average Bonchev–Trinajstić information content (AvgIpc) is 2.32. The van der Waals surface area contributed by atoms with Gasteiger partial charge in [0.25, 0.3) is 0 Å². The van der Waals surface area contributed by atoms with Gasteiger partial charge in [-0.3, -0.25) is 4.98 Å². The van der Waals surface area contributed by atoms with Crippen LogP contribution in [0.25, 0.3) is 11.1 Å². The Balaban J connectivity index is 2.52. The Bertz CT molecular complexity index is 532. The fourth-order valence-corrected chi connectivity index (χ4v) is 2.01. The number of hydrogen-bond donors (Lipinski definition) is 0. The van der Waals surface area contributed by atoms with Crippen molar-refractivity contribution < 1.29 is 0 Å². The zero-order valence-electron chi connectivity index (χ0n) is 10.4. The maximum absolute atomic E-state index is 6.05. The van der Waals surface area contributed by atoms with Crippen LogP contribution in [0.1, 0.15) is 31.0 Å². The van der Waals surface area contributed by atoms with E-state index in [9.17, 15) is 0 Å². The number of rotatable bonds is 2. The fourth-order valence-electron chi connectivity index (χ4n) is 1.84. The van der Waals surface area contributed by atoms with E-state index in [1.807, 2.05) is 30.5 Å². The summed E-state index contributed by atoms with van der Waals surface area (Å²) in [5.74, 6) is 0.439. The molecule has 0 saturated carbocycles. The summed E-state index contributed by atoms with van der Waals surface area (Å²) in [5.41, 5.74) is 4.71. The van der Waals surface area contributed by atoms with E-state index in [2.05, 4.69) is 31.8 Å². The van der Waals surface area contributed by atoms with Gasteiger partial charge in [0.2, 0.25) is 0 Å². The second-order valence-electron chi connectivity index (χ2n) is 4.58. The van der Waals surface area contributed by atoms with Crippen LogP contribution in [0.4, 0.5) is 0 Å². The lowest BCUT2D eigenvalue weighted by Crippen LogP contribution is -1.93. The molecule has 0 atom stereocenters. The van der Waals surface area contributed by atoms with Gasteiger partial charge in [-0.05, 0) is 53.8 Å². The average molecular weight is 246 g/mol. The smallest absolute Gasteiger partial charge is 0.0435 e. The van der Waals surface area contributed by atoms with Crippen LogP contribution in [-0.4, -0.2) is 4.98 Å². The molecule has 2 aromatic rings. The summed E-state index contributed by atoms with van der Waals surface area (Å²) in [7, 11) is 0. The number of hydrogen-bond acceptors (Lipinski definition) is 1. The molecule has 88 valence electrons. The van der Waals surface area contributed by atoms with Crippen LogP contribution in [0.3, 0.4) is 0 Å². The molecule has 2 rings (SSSR count). The van der Waals surface area contributed by atoms with Crippen molar-refractivity contribution in [3.05, 3.63) is 52.8 Å². The Kier molecular flexibility index (Phi) is 3.49. The summed E-state index contributed by atoms with van der Waals surface area (Å²) in [5, 5.41) is 0.772. The molecule has 0 amide bonds. The van der Waals surface area contributed by atoms with Gasteiger partial charge in [-0.15, -0.1) is 0 Å². The van der Waals surface area contributed by atoms with Gasteiger partial charge in [0.1, 0.15) is 0 Å². The molecule has 1 aromatic carbocycles. The summed E-state index contributed by atoms with van der Waals surface area (Å²) >= 11 is 6.05. The normalized spacial score (nSPS) is 10.9. The van der Waals surface area contributed by atoms with Crippen LogP contribution in [0.5, 0.6) is 0 Å². The molecule has 0 aliphatic rings. The Morgan fingerprint density at radius 1 is 1.12 bits per heavy atom. The van der Waals surface area contributed by atoms with Crippen LogP contribution in [-0.2, 0) is 0 Å². The van der Waals surface area contributed by atoms with Crippen molar-refractivity contribution in [2.24, 2.45) is 0 Å². The maximum atomic E-state index is 6.05. The highest BCUT2D eigenvalue weighted by atomic mass is 35.5. The Labute approximate surface area is 107 Å². The van der Waals surface area contributed by atoms with Crippen molar-refractivity contribution in [2.45, 2.75) is 26.7 Å². The van der Waals surface area contributed by atoms with Crippen molar-refractivity contribution in [3.63, 3.8) is 0 Å². The SMILES string of the molecule is Cc1ccc(Cl)cc1-c1ccnc(C(C)C)c1. The monoisotopic (exact) mass is 245 g/mol. The molecule has 1 heterocycles. The predicted octanol–water partition coefficient (Wildman–Crippen LogP) is 4.83. The van der Waals surface area contributed by atoms with E-state index in [0.29, 0.717) is 5.92 Å². The van der Waals surface area contributed by atoms with Crippen molar-refractivity contribution in [1.29, 1.82) is 0 Å². The quantitative estimate of drug-likeness (QED) is 0.738. The van der Waals surface area contributed by atoms with Gasteiger partial charge in [-0.25, -0.2) is 0 Å². The van der Waals surface area contributed by atoms with Crippen LogP contribution in [0.2, 0.25) is 5.02 Å². The van der Waals surface area contributed by atoms with Crippen LogP contribution >= 0.6 is 11.6 Å². The summed E-state index contributed by atoms with van der Waals surface area (Å²) in [4.78, 5) is 4.38. The molecule has 1 nitrogen and oxygen atoms in total. The molecule has 0 fully saturated rings. The number of aryl methyl sites for hydroxylation is 1. The van der Waals surface area contributed by atoms with Gasteiger partial charge >= 0.3 is 0 Å². The van der Waals surface area contributed by atoms with Gasteiger partial charge in [-0.1, -0.05) is 31.5 Å². The molecular weight excluding hydrogens is 230 g/mol. The molecular formula is C15H16ClN. The highest BCUT2D eigenvalue weighted by molar-refractivity contribution is 6.30. The number of aromatic nitrogens is 1. The third-order valence-electron chi connectivity index (χ3n) is 2.88. The minimum absolute atomic E-state index is 0.439. The molecule has 0 aliphatic heterocycles. The first kappa shape index (κ1) is 12.1. The van der Waals surface area contributed by atoms with Gasteiger partial charge in [-0.2, -0.15) is 0 Å². The number of benzene rings is 1. The molecule has 0 N–H and O–H groups in total. The van der Waals surface area contributed by atoms with E-state index < -0.39 is 0 Å². The second kappa shape index (κ2) is 4.89. The largest absolute Gasteiger partial charge is 0.261 e. The number of nitrogens with zero attached hydrogens (tertiary/aromatic N) is 1. The van der Waals surface area contributed by atoms with E-state index in [1.54, 1.807) is 0 Å². The first-order valence-corrected chi connectivity index (χ1v) is 6.18. The van der Waals surface area contributed by atoms with Gasteiger partial charge < -0.3 is 0 Å². The molecule has 17 heavy (non-hydrogen) atoms. The minimum Gasteiger partial charge on any atom is -0.261 e. The number of pyridine rings is 1. The first-order valence-electron chi connectivity index (χ1n) is 5.80. The summed E-state index contributed by atoms with van der Waals surface area (Å²) in [6, 6.07) is 10.2. The molecule has 2 heteroatoms. The zero-order chi connectivity index (χ0) is 12.4. The number of halogens is 1. The van der Waals surface area contributed by atoms with E-state index >= 15 is 0 Å². The van der Waals surface area contributed by atoms with E-state index in [4.69, 9.17) is 11.6 Å². The van der Waals surface area contributed by atoms with Gasteiger partial charge in [0.05, 0.1) is 0 Å². The van der Waals surface area contributed by atoms with E-state index in [-0.39, 0.29) is 0 Å². The Morgan fingerprint density at radius 2 is 1.88 bits per heavy atom. The standard InChI is InChI=1S/C15H16ClN/c1-10(2)15-8-12(6-7-17-15)14-9-13(16)5-4-11(14)3/h4-10H,1-3H3. The second-order valence-corrected chi connectivity index (χ2v) is 5.02. The molecule has 0 bridgehead atoms. The van der Waals surface area contributed by atoms with Gasteiger partial charge in [0, 0.05) is 16.9 Å². The molecule has 0 aliphatic carbocycles. The molecule has 0 unspecified atom stereocenters. The molecule has 0 saturated heterocycles. The van der Waals surface area contributed by atoms with Crippen molar-refractivity contribution in [3.8, 4) is 11.1 Å². The predicted molar refractivity (Wildman–Crippen MR) is 73.5 cm³/mol. The molecule has 0 spiro atoms. The van der Waals surface area contributed by atoms with Crippen LogP contribution in [0.15, 0.2) is 36.5 Å². The van der Waals surface area contributed by atoms with E-state index in [1.165, 1.54) is 16.7 Å². The first-order chi connectivity index (χ1) is 8.08. The topological polar surface area (TPSA) is 12.9 Å². The third-order valence-corrected chi connectivity index (χ3v) is 3.12. The lowest BCUT2D eigenvalue weighted by Gasteiger charge is -2.10. The van der Waals surface area contributed by atoms with Gasteiger partial charge in [0.15, 0.2) is 0 Å².